The zero-order valence-electron chi connectivity index (χ0n) is 8.37. The molecule has 0 aromatic rings. The lowest BCUT2D eigenvalue weighted by atomic mass is 10.4. The van der Waals surface area contributed by atoms with Gasteiger partial charge in [-0.2, -0.15) is 4.31 Å². The largest absolute Gasteiger partial charge is 0.214 e. The second kappa shape index (κ2) is 4.82. The van der Waals surface area contributed by atoms with Crippen molar-refractivity contribution in [2.75, 3.05) is 12.3 Å². The van der Waals surface area contributed by atoms with Crippen molar-refractivity contribution in [3.8, 4) is 0 Å². The highest BCUT2D eigenvalue weighted by Crippen LogP contribution is 2.07. The number of sulfonamides is 1. The van der Waals surface area contributed by atoms with Gasteiger partial charge in [0.15, 0.2) is 0 Å². The molecule has 0 rings (SSSR count). The molecule has 0 unspecified atom stereocenters. The highest BCUT2D eigenvalue weighted by atomic mass is 32.2. The summed E-state index contributed by atoms with van der Waals surface area (Å²) in [5, 5.41) is 0. The van der Waals surface area contributed by atoms with Gasteiger partial charge in [0.1, 0.15) is 0 Å². The van der Waals surface area contributed by atoms with Gasteiger partial charge in [-0.15, -0.1) is 0 Å². The molecule has 0 aromatic heterocycles. The molecule has 0 aromatic carbocycles. The van der Waals surface area contributed by atoms with Gasteiger partial charge in [-0.05, 0) is 27.2 Å². The van der Waals surface area contributed by atoms with Crippen LogP contribution in [0.3, 0.4) is 0 Å². The molecule has 0 aliphatic rings. The van der Waals surface area contributed by atoms with E-state index in [-0.39, 0.29) is 11.8 Å². The van der Waals surface area contributed by atoms with E-state index in [1.165, 1.54) is 0 Å². The maximum atomic E-state index is 11.5. The Bertz CT molecular complexity index is 209. The van der Waals surface area contributed by atoms with E-state index in [9.17, 15) is 8.42 Å². The van der Waals surface area contributed by atoms with Gasteiger partial charge >= 0.3 is 0 Å². The lowest BCUT2D eigenvalue weighted by Gasteiger charge is -2.24. The Hall–Kier alpha value is -0.0900. The molecule has 0 radical (unpaired) electrons. The van der Waals surface area contributed by atoms with Gasteiger partial charge in [-0.1, -0.05) is 6.92 Å². The van der Waals surface area contributed by atoms with Crippen LogP contribution in [0.2, 0.25) is 0 Å². The van der Waals surface area contributed by atoms with E-state index in [4.69, 9.17) is 0 Å². The first kappa shape index (κ1) is 11.9. The summed E-state index contributed by atoms with van der Waals surface area (Å²) >= 11 is 0. The third kappa shape index (κ3) is 3.11. The molecule has 12 heavy (non-hydrogen) atoms. The molecule has 0 heterocycles. The molecule has 0 spiro atoms. The van der Waals surface area contributed by atoms with Crippen LogP contribution in [0, 0.1) is 0 Å². The molecular formula is C8H19NO2S. The standard InChI is InChI=1S/C8H19NO2S/c1-5-7-9(8(3)4)12(10,11)6-2/h8H,5-7H2,1-4H3. The molecule has 0 N–H and O–H groups in total. The fourth-order valence-corrected chi connectivity index (χ4v) is 2.54. The van der Waals surface area contributed by atoms with Crippen LogP contribution in [0.4, 0.5) is 0 Å². The Morgan fingerprint density at radius 1 is 1.25 bits per heavy atom. The van der Waals surface area contributed by atoms with Crippen LogP contribution in [0.15, 0.2) is 0 Å². The molecule has 3 nitrogen and oxygen atoms in total. The van der Waals surface area contributed by atoms with E-state index in [0.29, 0.717) is 6.54 Å². The van der Waals surface area contributed by atoms with Gasteiger partial charge in [0.05, 0.1) is 5.75 Å². The molecule has 0 bridgehead atoms. The third-order valence-electron chi connectivity index (χ3n) is 1.74. The van der Waals surface area contributed by atoms with Crippen LogP contribution in [0.25, 0.3) is 0 Å². The van der Waals surface area contributed by atoms with Gasteiger partial charge in [-0.3, -0.25) is 0 Å². The van der Waals surface area contributed by atoms with Crippen molar-refractivity contribution >= 4 is 10.0 Å². The molecular weight excluding hydrogens is 174 g/mol. The molecule has 0 aliphatic heterocycles. The summed E-state index contributed by atoms with van der Waals surface area (Å²) in [7, 11) is -2.99. The van der Waals surface area contributed by atoms with Gasteiger partial charge in [0, 0.05) is 12.6 Å². The van der Waals surface area contributed by atoms with E-state index in [0.717, 1.165) is 6.42 Å². The first-order chi connectivity index (χ1) is 5.45. The van der Waals surface area contributed by atoms with Crippen LogP contribution in [-0.2, 0) is 10.0 Å². The van der Waals surface area contributed by atoms with Crippen molar-refractivity contribution in [1.82, 2.24) is 4.31 Å². The van der Waals surface area contributed by atoms with Crippen LogP contribution >= 0.6 is 0 Å². The summed E-state index contributed by atoms with van der Waals surface area (Å²) in [4.78, 5) is 0. The van der Waals surface area contributed by atoms with Crippen molar-refractivity contribution in [2.45, 2.75) is 40.2 Å². The smallest absolute Gasteiger partial charge is 0.212 e. The Labute approximate surface area is 75.8 Å². The maximum absolute atomic E-state index is 11.5. The molecule has 4 heteroatoms. The van der Waals surface area contributed by atoms with E-state index >= 15 is 0 Å². The van der Waals surface area contributed by atoms with Crippen molar-refractivity contribution in [2.24, 2.45) is 0 Å². The highest BCUT2D eigenvalue weighted by molar-refractivity contribution is 7.89. The Kier molecular flexibility index (Phi) is 4.78. The third-order valence-corrected chi connectivity index (χ3v) is 3.79. The monoisotopic (exact) mass is 193 g/mol. The molecule has 0 saturated carbocycles. The number of rotatable bonds is 5. The summed E-state index contributed by atoms with van der Waals surface area (Å²) in [6.45, 7) is 8.11. The minimum atomic E-state index is -2.99. The van der Waals surface area contributed by atoms with E-state index < -0.39 is 10.0 Å². The zero-order valence-corrected chi connectivity index (χ0v) is 9.19. The van der Waals surface area contributed by atoms with Crippen LogP contribution in [0.5, 0.6) is 0 Å². The Balaban J connectivity index is 4.51. The van der Waals surface area contributed by atoms with Crippen LogP contribution < -0.4 is 0 Å². The van der Waals surface area contributed by atoms with Crippen molar-refractivity contribution in [3.63, 3.8) is 0 Å². The van der Waals surface area contributed by atoms with E-state index in [1.807, 2.05) is 20.8 Å². The van der Waals surface area contributed by atoms with E-state index in [2.05, 4.69) is 0 Å². The van der Waals surface area contributed by atoms with E-state index in [1.54, 1.807) is 11.2 Å². The number of hydrogen-bond donors (Lipinski definition) is 0. The minimum Gasteiger partial charge on any atom is -0.212 e. The fraction of sp³-hybridized carbons (Fsp3) is 1.00. The van der Waals surface area contributed by atoms with Crippen molar-refractivity contribution in [1.29, 1.82) is 0 Å². The molecule has 0 aliphatic carbocycles. The van der Waals surface area contributed by atoms with Crippen molar-refractivity contribution in [3.05, 3.63) is 0 Å². The molecule has 0 saturated heterocycles. The predicted molar refractivity (Wildman–Crippen MR) is 51.6 cm³/mol. The number of hydrogen-bond acceptors (Lipinski definition) is 2. The predicted octanol–water partition coefficient (Wildman–Crippen LogP) is 1.46. The Morgan fingerprint density at radius 3 is 2.00 bits per heavy atom. The lowest BCUT2D eigenvalue weighted by molar-refractivity contribution is 0.355. The summed E-state index contributed by atoms with van der Waals surface area (Å²) < 4.78 is 24.5. The maximum Gasteiger partial charge on any atom is 0.214 e. The summed E-state index contributed by atoms with van der Waals surface area (Å²) in [6, 6.07) is 0.0786. The minimum absolute atomic E-state index is 0.0786. The highest BCUT2D eigenvalue weighted by Gasteiger charge is 2.21. The quantitative estimate of drug-likeness (QED) is 0.663. The number of nitrogens with zero attached hydrogens (tertiary/aromatic N) is 1. The van der Waals surface area contributed by atoms with Gasteiger partial charge in [0.25, 0.3) is 0 Å². The first-order valence-electron chi connectivity index (χ1n) is 4.45. The molecule has 0 atom stereocenters. The Morgan fingerprint density at radius 2 is 1.75 bits per heavy atom. The normalized spacial score (nSPS) is 12.8. The zero-order chi connectivity index (χ0) is 9.78. The second-order valence-electron chi connectivity index (χ2n) is 3.11. The van der Waals surface area contributed by atoms with Crippen LogP contribution in [0.1, 0.15) is 34.1 Å². The second-order valence-corrected chi connectivity index (χ2v) is 5.32. The molecule has 74 valence electrons. The lowest BCUT2D eigenvalue weighted by Crippen LogP contribution is -2.38. The summed E-state index contributed by atoms with van der Waals surface area (Å²) in [5.74, 6) is 0.200. The van der Waals surface area contributed by atoms with Crippen LogP contribution in [-0.4, -0.2) is 31.1 Å². The molecule has 0 amide bonds. The fourth-order valence-electron chi connectivity index (χ4n) is 1.10. The topological polar surface area (TPSA) is 37.4 Å². The molecule has 0 fully saturated rings. The summed E-state index contributed by atoms with van der Waals surface area (Å²) in [6.07, 6.45) is 0.872. The van der Waals surface area contributed by atoms with Crippen molar-refractivity contribution < 1.29 is 8.42 Å². The van der Waals surface area contributed by atoms with Gasteiger partial charge < -0.3 is 0 Å². The SMILES string of the molecule is CCCN(C(C)C)S(=O)(=O)CC. The van der Waals surface area contributed by atoms with Gasteiger partial charge in [-0.25, -0.2) is 8.42 Å². The first-order valence-corrected chi connectivity index (χ1v) is 6.06. The summed E-state index contributed by atoms with van der Waals surface area (Å²) in [5.41, 5.74) is 0. The van der Waals surface area contributed by atoms with Gasteiger partial charge in [0.2, 0.25) is 10.0 Å². The average Bonchev–Trinajstić information content (AvgIpc) is 1.99. The average molecular weight is 193 g/mol.